The minimum atomic E-state index is -0.0670. The number of ether oxygens (including phenoxy) is 1. The highest BCUT2D eigenvalue weighted by atomic mass is 16.5. The van der Waals surface area contributed by atoms with Gasteiger partial charge in [-0.2, -0.15) is 0 Å². The van der Waals surface area contributed by atoms with Gasteiger partial charge in [-0.1, -0.05) is 30.3 Å². The van der Waals surface area contributed by atoms with Crippen LogP contribution in [-0.4, -0.2) is 7.11 Å². The van der Waals surface area contributed by atoms with Gasteiger partial charge in [-0.15, -0.1) is 0 Å². The summed E-state index contributed by atoms with van der Waals surface area (Å²) in [6, 6.07) is 16.7. The molecule has 2 aromatic carbocycles. The first-order valence-corrected chi connectivity index (χ1v) is 6.25. The molecular formula is C16H17NO. The molecule has 1 aliphatic rings. The summed E-state index contributed by atoms with van der Waals surface area (Å²) >= 11 is 0. The fourth-order valence-corrected chi connectivity index (χ4v) is 2.22. The van der Waals surface area contributed by atoms with E-state index in [9.17, 15) is 0 Å². The van der Waals surface area contributed by atoms with Crippen LogP contribution in [0.1, 0.15) is 18.4 Å². The van der Waals surface area contributed by atoms with Gasteiger partial charge in [0.05, 0.1) is 7.11 Å². The van der Waals surface area contributed by atoms with Crippen LogP contribution in [0.15, 0.2) is 48.5 Å². The Balaban J connectivity index is 1.95. The largest absolute Gasteiger partial charge is 0.497 e. The molecule has 0 amide bonds. The molecule has 0 saturated heterocycles. The van der Waals surface area contributed by atoms with Crippen molar-refractivity contribution in [1.82, 2.24) is 0 Å². The maximum absolute atomic E-state index is 6.24. The van der Waals surface area contributed by atoms with E-state index in [-0.39, 0.29) is 5.54 Å². The van der Waals surface area contributed by atoms with Gasteiger partial charge in [-0.3, -0.25) is 0 Å². The predicted molar refractivity (Wildman–Crippen MR) is 73.5 cm³/mol. The summed E-state index contributed by atoms with van der Waals surface area (Å²) in [6.07, 6.45) is 2.19. The summed E-state index contributed by atoms with van der Waals surface area (Å²) in [5.74, 6) is 0.882. The van der Waals surface area contributed by atoms with Gasteiger partial charge in [0, 0.05) is 5.54 Å². The molecule has 2 heteroatoms. The quantitative estimate of drug-likeness (QED) is 0.891. The fraction of sp³-hybridized carbons (Fsp3) is 0.250. The van der Waals surface area contributed by atoms with Crippen molar-refractivity contribution >= 4 is 0 Å². The summed E-state index contributed by atoms with van der Waals surface area (Å²) in [7, 11) is 1.68. The first-order chi connectivity index (χ1) is 8.71. The molecule has 0 radical (unpaired) electrons. The van der Waals surface area contributed by atoms with Crippen LogP contribution in [0.25, 0.3) is 11.1 Å². The summed E-state index contributed by atoms with van der Waals surface area (Å²) in [5.41, 5.74) is 9.83. The summed E-state index contributed by atoms with van der Waals surface area (Å²) in [6.45, 7) is 0. The van der Waals surface area contributed by atoms with Gasteiger partial charge in [-0.25, -0.2) is 0 Å². The summed E-state index contributed by atoms with van der Waals surface area (Å²) in [4.78, 5) is 0. The molecule has 0 heterocycles. The van der Waals surface area contributed by atoms with Gasteiger partial charge in [0.2, 0.25) is 0 Å². The molecule has 0 spiro atoms. The molecule has 2 aromatic rings. The van der Waals surface area contributed by atoms with Crippen molar-refractivity contribution in [2.24, 2.45) is 5.73 Å². The standard InChI is InChI=1S/C16H17NO/c1-18-15-7-5-12(6-8-15)13-3-2-4-14(11-13)16(17)9-10-16/h2-8,11H,9-10,17H2,1H3. The Morgan fingerprint density at radius 1 is 1.00 bits per heavy atom. The van der Waals surface area contributed by atoms with Crippen LogP contribution < -0.4 is 10.5 Å². The second-order valence-electron chi connectivity index (χ2n) is 4.97. The average Bonchev–Trinajstić information content (AvgIpc) is 3.18. The van der Waals surface area contributed by atoms with Crippen molar-refractivity contribution in [3.05, 3.63) is 54.1 Å². The van der Waals surface area contributed by atoms with Gasteiger partial charge in [-0.05, 0) is 47.7 Å². The second-order valence-corrected chi connectivity index (χ2v) is 4.97. The van der Waals surface area contributed by atoms with Crippen molar-refractivity contribution in [2.75, 3.05) is 7.11 Å². The first-order valence-electron chi connectivity index (χ1n) is 6.25. The van der Waals surface area contributed by atoms with E-state index in [2.05, 4.69) is 36.4 Å². The Bertz CT molecular complexity index is 556. The molecule has 2 nitrogen and oxygen atoms in total. The van der Waals surface area contributed by atoms with Crippen LogP contribution in [0.2, 0.25) is 0 Å². The zero-order valence-corrected chi connectivity index (χ0v) is 10.5. The van der Waals surface area contributed by atoms with Crippen molar-refractivity contribution in [2.45, 2.75) is 18.4 Å². The maximum Gasteiger partial charge on any atom is 0.118 e. The SMILES string of the molecule is COc1ccc(-c2cccc(C3(N)CC3)c2)cc1. The van der Waals surface area contributed by atoms with Crippen LogP contribution in [-0.2, 0) is 5.54 Å². The van der Waals surface area contributed by atoms with Gasteiger partial charge in [0.1, 0.15) is 5.75 Å². The molecular weight excluding hydrogens is 222 g/mol. The first kappa shape index (κ1) is 11.3. The van der Waals surface area contributed by atoms with E-state index >= 15 is 0 Å². The molecule has 1 saturated carbocycles. The maximum atomic E-state index is 6.24. The molecule has 0 aromatic heterocycles. The zero-order valence-electron chi connectivity index (χ0n) is 10.5. The topological polar surface area (TPSA) is 35.2 Å². The molecule has 2 N–H and O–H groups in total. The van der Waals surface area contributed by atoms with Crippen molar-refractivity contribution in [3.63, 3.8) is 0 Å². The smallest absolute Gasteiger partial charge is 0.118 e. The molecule has 3 rings (SSSR count). The van der Waals surface area contributed by atoms with E-state index in [1.807, 2.05) is 12.1 Å². The molecule has 18 heavy (non-hydrogen) atoms. The van der Waals surface area contributed by atoms with Gasteiger partial charge >= 0.3 is 0 Å². The number of hydrogen-bond donors (Lipinski definition) is 1. The minimum absolute atomic E-state index is 0.0670. The van der Waals surface area contributed by atoms with Gasteiger partial charge in [0.15, 0.2) is 0 Å². The van der Waals surface area contributed by atoms with Crippen LogP contribution in [0.3, 0.4) is 0 Å². The number of methoxy groups -OCH3 is 1. The van der Waals surface area contributed by atoms with Crippen molar-refractivity contribution in [1.29, 1.82) is 0 Å². The summed E-state index contributed by atoms with van der Waals surface area (Å²) in [5, 5.41) is 0. The van der Waals surface area contributed by atoms with E-state index in [0.717, 1.165) is 18.6 Å². The number of rotatable bonds is 3. The Hall–Kier alpha value is -1.80. The lowest BCUT2D eigenvalue weighted by atomic mass is 9.99. The van der Waals surface area contributed by atoms with Crippen LogP contribution in [0.4, 0.5) is 0 Å². The molecule has 1 aliphatic carbocycles. The summed E-state index contributed by atoms with van der Waals surface area (Å²) < 4.78 is 5.17. The highest BCUT2D eigenvalue weighted by Crippen LogP contribution is 2.43. The molecule has 0 unspecified atom stereocenters. The minimum Gasteiger partial charge on any atom is -0.497 e. The molecule has 0 aliphatic heterocycles. The van der Waals surface area contributed by atoms with E-state index in [1.165, 1.54) is 16.7 Å². The fourth-order valence-electron chi connectivity index (χ4n) is 2.22. The second kappa shape index (κ2) is 4.14. The van der Waals surface area contributed by atoms with Crippen molar-refractivity contribution < 1.29 is 4.74 Å². The number of benzene rings is 2. The van der Waals surface area contributed by atoms with Crippen LogP contribution >= 0.6 is 0 Å². The third-order valence-electron chi connectivity index (χ3n) is 3.65. The normalized spacial score (nSPS) is 16.3. The Morgan fingerprint density at radius 3 is 2.33 bits per heavy atom. The van der Waals surface area contributed by atoms with E-state index in [4.69, 9.17) is 10.5 Å². The molecule has 0 bridgehead atoms. The monoisotopic (exact) mass is 239 g/mol. The highest BCUT2D eigenvalue weighted by Gasteiger charge is 2.39. The molecule has 92 valence electrons. The lowest BCUT2D eigenvalue weighted by Gasteiger charge is -2.11. The highest BCUT2D eigenvalue weighted by molar-refractivity contribution is 5.65. The molecule has 1 fully saturated rings. The van der Waals surface area contributed by atoms with Gasteiger partial charge < -0.3 is 10.5 Å². The lowest BCUT2D eigenvalue weighted by Crippen LogP contribution is -2.18. The van der Waals surface area contributed by atoms with Crippen LogP contribution in [0, 0.1) is 0 Å². The van der Waals surface area contributed by atoms with E-state index in [0.29, 0.717) is 0 Å². The van der Waals surface area contributed by atoms with Crippen molar-refractivity contribution in [3.8, 4) is 16.9 Å². The van der Waals surface area contributed by atoms with Gasteiger partial charge in [0.25, 0.3) is 0 Å². The third-order valence-corrected chi connectivity index (χ3v) is 3.65. The Labute approximate surface area is 107 Å². The average molecular weight is 239 g/mol. The zero-order chi connectivity index (χ0) is 12.6. The van der Waals surface area contributed by atoms with Crippen LogP contribution in [0.5, 0.6) is 5.75 Å². The molecule has 0 atom stereocenters. The predicted octanol–water partition coefficient (Wildman–Crippen LogP) is 3.31. The van der Waals surface area contributed by atoms with E-state index < -0.39 is 0 Å². The Kier molecular flexibility index (Phi) is 2.60. The number of nitrogens with two attached hydrogens (primary N) is 1. The Morgan fingerprint density at radius 2 is 1.72 bits per heavy atom. The number of hydrogen-bond acceptors (Lipinski definition) is 2. The van der Waals surface area contributed by atoms with E-state index in [1.54, 1.807) is 7.11 Å². The third kappa shape index (κ3) is 2.00. The lowest BCUT2D eigenvalue weighted by molar-refractivity contribution is 0.415.